The molecule has 6 heteroatoms. The van der Waals surface area contributed by atoms with E-state index in [0.29, 0.717) is 6.54 Å². The third kappa shape index (κ3) is 7.19. The largest absolute Gasteiger partial charge is 0.356 e. The number of aromatic amines is 1. The Labute approximate surface area is 120 Å². The van der Waals surface area contributed by atoms with Crippen LogP contribution in [-0.4, -0.2) is 29.7 Å². The van der Waals surface area contributed by atoms with E-state index in [2.05, 4.69) is 32.7 Å². The Morgan fingerprint density at radius 2 is 2.24 bits per heavy atom. The van der Waals surface area contributed by atoms with E-state index in [4.69, 9.17) is 0 Å². The van der Waals surface area contributed by atoms with Gasteiger partial charge in [0.25, 0.3) is 0 Å². The molecule has 0 bridgehead atoms. The lowest BCUT2D eigenvalue weighted by atomic mass is 10.2. The first-order valence-corrected chi connectivity index (χ1v) is 5.79. The highest BCUT2D eigenvalue weighted by atomic mass is 127. The molecular formula is C11H22IN5. The van der Waals surface area contributed by atoms with Crippen molar-refractivity contribution in [2.75, 3.05) is 13.6 Å². The van der Waals surface area contributed by atoms with Crippen LogP contribution in [0.2, 0.25) is 0 Å². The normalized spacial score (nSPS) is 10.8. The highest BCUT2D eigenvalue weighted by molar-refractivity contribution is 14.0. The number of H-pyrrole nitrogens is 1. The van der Waals surface area contributed by atoms with Crippen LogP contribution in [0.1, 0.15) is 31.9 Å². The minimum atomic E-state index is 0. The van der Waals surface area contributed by atoms with Crippen molar-refractivity contribution in [1.29, 1.82) is 0 Å². The summed E-state index contributed by atoms with van der Waals surface area (Å²) in [4.78, 5) is 4.15. The number of halogens is 1. The molecule has 0 fully saturated rings. The van der Waals surface area contributed by atoms with Crippen molar-refractivity contribution in [3.63, 3.8) is 0 Å². The molecule has 0 aliphatic heterocycles. The number of guanidine groups is 1. The predicted molar refractivity (Wildman–Crippen MR) is 81.7 cm³/mol. The van der Waals surface area contributed by atoms with Gasteiger partial charge in [-0.25, -0.2) is 0 Å². The van der Waals surface area contributed by atoms with Gasteiger partial charge < -0.3 is 10.6 Å². The number of hydrogen-bond acceptors (Lipinski definition) is 2. The molecule has 5 nitrogen and oxygen atoms in total. The minimum absolute atomic E-state index is 0. The molecule has 0 saturated heterocycles. The number of hydrogen-bond donors (Lipinski definition) is 3. The van der Waals surface area contributed by atoms with E-state index in [1.807, 2.05) is 6.07 Å². The van der Waals surface area contributed by atoms with Crippen LogP contribution in [0, 0.1) is 0 Å². The average molecular weight is 351 g/mol. The molecule has 0 unspecified atom stereocenters. The standard InChI is InChI=1S/C11H21N5.HI/c1-3-4-5-7-13-11(12-2)14-9-10-6-8-15-16-10;/h6,8H,3-5,7,9H2,1-2H3,(H,15,16)(H2,12,13,14);1H. The molecular weight excluding hydrogens is 329 g/mol. The molecule has 0 spiro atoms. The maximum Gasteiger partial charge on any atom is 0.191 e. The molecule has 98 valence electrons. The fourth-order valence-corrected chi connectivity index (χ4v) is 1.36. The summed E-state index contributed by atoms with van der Waals surface area (Å²) in [5, 5.41) is 13.3. The van der Waals surface area contributed by atoms with Crippen molar-refractivity contribution in [2.24, 2.45) is 4.99 Å². The van der Waals surface area contributed by atoms with Crippen LogP contribution in [0.15, 0.2) is 17.3 Å². The van der Waals surface area contributed by atoms with Gasteiger partial charge in [-0.2, -0.15) is 5.10 Å². The van der Waals surface area contributed by atoms with Crippen LogP contribution >= 0.6 is 24.0 Å². The van der Waals surface area contributed by atoms with E-state index in [9.17, 15) is 0 Å². The summed E-state index contributed by atoms with van der Waals surface area (Å²) in [5.74, 6) is 0.839. The maximum absolute atomic E-state index is 4.15. The van der Waals surface area contributed by atoms with Gasteiger partial charge in [0.05, 0.1) is 12.2 Å². The van der Waals surface area contributed by atoms with Crippen molar-refractivity contribution in [3.8, 4) is 0 Å². The second-order valence-corrected chi connectivity index (χ2v) is 3.64. The van der Waals surface area contributed by atoms with E-state index < -0.39 is 0 Å². The van der Waals surface area contributed by atoms with Gasteiger partial charge >= 0.3 is 0 Å². The Balaban J connectivity index is 0.00000256. The molecule has 1 aromatic heterocycles. The number of nitrogens with zero attached hydrogens (tertiary/aromatic N) is 2. The monoisotopic (exact) mass is 351 g/mol. The van der Waals surface area contributed by atoms with Crippen LogP contribution in [0.25, 0.3) is 0 Å². The fourth-order valence-electron chi connectivity index (χ4n) is 1.36. The predicted octanol–water partition coefficient (Wildman–Crippen LogP) is 1.88. The van der Waals surface area contributed by atoms with Crippen molar-refractivity contribution < 1.29 is 0 Å². The smallest absolute Gasteiger partial charge is 0.191 e. The van der Waals surface area contributed by atoms with Gasteiger partial charge in [0.15, 0.2) is 5.96 Å². The molecule has 1 aromatic rings. The number of aliphatic imine (C=N–C) groups is 1. The van der Waals surface area contributed by atoms with Crippen molar-refractivity contribution >= 4 is 29.9 Å². The maximum atomic E-state index is 4.15. The summed E-state index contributed by atoms with van der Waals surface area (Å²) in [7, 11) is 1.78. The molecule has 0 amide bonds. The molecule has 3 N–H and O–H groups in total. The SMILES string of the molecule is CCCCCNC(=NC)NCc1ccn[nH]1.I. The summed E-state index contributed by atoms with van der Waals surface area (Å²) in [6.45, 7) is 3.88. The number of rotatable bonds is 6. The van der Waals surface area contributed by atoms with Gasteiger partial charge in [-0.05, 0) is 12.5 Å². The zero-order chi connectivity index (χ0) is 11.6. The van der Waals surface area contributed by atoms with Gasteiger partial charge in [-0.15, -0.1) is 24.0 Å². The van der Waals surface area contributed by atoms with E-state index in [-0.39, 0.29) is 24.0 Å². The second-order valence-electron chi connectivity index (χ2n) is 3.64. The minimum Gasteiger partial charge on any atom is -0.356 e. The Bertz CT molecular complexity index is 297. The number of unbranched alkanes of at least 4 members (excludes halogenated alkanes) is 2. The first-order valence-electron chi connectivity index (χ1n) is 5.79. The lowest BCUT2D eigenvalue weighted by Gasteiger charge is -2.10. The Morgan fingerprint density at radius 1 is 1.41 bits per heavy atom. The first-order chi connectivity index (χ1) is 7.86. The van der Waals surface area contributed by atoms with Crippen LogP contribution in [0.4, 0.5) is 0 Å². The summed E-state index contributed by atoms with van der Waals surface area (Å²) in [6.07, 6.45) is 5.42. The van der Waals surface area contributed by atoms with Crippen molar-refractivity contribution in [1.82, 2.24) is 20.8 Å². The third-order valence-electron chi connectivity index (χ3n) is 2.30. The molecule has 1 rings (SSSR count). The Hall–Kier alpha value is -0.790. The zero-order valence-electron chi connectivity index (χ0n) is 10.5. The van der Waals surface area contributed by atoms with Crippen molar-refractivity contribution in [2.45, 2.75) is 32.7 Å². The highest BCUT2D eigenvalue weighted by Gasteiger charge is 1.97. The zero-order valence-corrected chi connectivity index (χ0v) is 12.8. The first kappa shape index (κ1) is 16.2. The van der Waals surface area contributed by atoms with Gasteiger partial charge in [0.2, 0.25) is 0 Å². The molecule has 0 radical (unpaired) electrons. The molecule has 0 aliphatic rings. The van der Waals surface area contributed by atoms with Crippen LogP contribution in [0.3, 0.4) is 0 Å². The highest BCUT2D eigenvalue weighted by Crippen LogP contribution is 1.92. The second kappa shape index (κ2) is 10.4. The van der Waals surface area contributed by atoms with Gasteiger partial charge in [-0.1, -0.05) is 19.8 Å². The molecule has 17 heavy (non-hydrogen) atoms. The van der Waals surface area contributed by atoms with Crippen LogP contribution in [0.5, 0.6) is 0 Å². The quantitative estimate of drug-likeness (QED) is 0.317. The van der Waals surface area contributed by atoms with E-state index >= 15 is 0 Å². The number of aromatic nitrogens is 2. The molecule has 0 saturated carbocycles. The Kier molecular flexibility index (Phi) is 9.89. The lowest BCUT2D eigenvalue weighted by Crippen LogP contribution is -2.37. The lowest BCUT2D eigenvalue weighted by molar-refractivity contribution is 0.681. The van der Waals surface area contributed by atoms with Crippen LogP contribution < -0.4 is 10.6 Å². The molecule has 0 aromatic carbocycles. The molecule has 1 heterocycles. The summed E-state index contributed by atoms with van der Waals surface area (Å²) < 4.78 is 0. The summed E-state index contributed by atoms with van der Waals surface area (Å²) in [5.41, 5.74) is 1.05. The van der Waals surface area contributed by atoms with Gasteiger partial charge in [-0.3, -0.25) is 10.1 Å². The Morgan fingerprint density at radius 3 is 2.82 bits per heavy atom. The van der Waals surface area contributed by atoms with Gasteiger partial charge in [0.1, 0.15) is 0 Å². The fraction of sp³-hybridized carbons (Fsp3) is 0.636. The van der Waals surface area contributed by atoms with Crippen LogP contribution in [-0.2, 0) is 6.54 Å². The third-order valence-corrected chi connectivity index (χ3v) is 2.30. The topological polar surface area (TPSA) is 65.1 Å². The van der Waals surface area contributed by atoms with E-state index in [1.165, 1.54) is 19.3 Å². The average Bonchev–Trinajstić information content (AvgIpc) is 2.81. The molecule has 0 atom stereocenters. The van der Waals surface area contributed by atoms with E-state index in [0.717, 1.165) is 18.2 Å². The summed E-state index contributed by atoms with van der Waals surface area (Å²) in [6, 6.07) is 1.94. The summed E-state index contributed by atoms with van der Waals surface area (Å²) >= 11 is 0. The number of nitrogens with one attached hydrogen (secondary N) is 3. The molecule has 0 aliphatic carbocycles. The van der Waals surface area contributed by atoms with Gasteiger partial charge in [0, 0.05) is 19.8 Å². The van der Waals surface area contributed by atoms with E-state index in [1.54, 1.807) is 13.2 Å². The van der Waals surface area contributed by atoms with Crippen molar-refractivity contribution in [3.05, 3.63) is 18.0 Å².